The van der Waals surface area contributed by atoms with Crippen molar-refractivity contribution >= 4 is 64.1 Å². The predicted octanol–water partition coefficient (Wildman–Crippen LogP) is 15.3. The third-order valence-corrected chi connectivity index (χ3v) is 13.8. The molecule has 0 aliphatic heterocycles. The number of aromatic nitrogens is 2. The molecule has 272 valence electrons. The second-order valence-electron chi connectivity index (χ2n) is 16.1. The van der Waals surface area contributed by atoms with E-state index in [4.69, 9.17) is 9.97 Å². The molecule has 0 N–H and O–H groups in total. The van der Waals surface area contributed by atoms with Gasteiger partial charge in [-0.2, -0.15) is 0 Å². The number of nitrogens with zero attached hydrogens (tertiary/aromatic N) is 2. The molecule has 3 heteroatoms. The van der Waals surface area contributed by atoms with E-state index in [0.29, 0.717) is 0 Å². The van der Waals surface area contributed by atoms with Gasteiger partial charge in [0.1, 0.15) is 0 Å². The molecule has 0 radical (unpaired) electrons. The summed E-state index contributed by atoms with van der Waals surface area (Å²) < 4.78 is 2.69. The van der Waals surface area contributed by atoms with Crippen LogP contribution in [0.5, 0.6) is 0 Å². The molecule has 2 nitrogen and oxygen atoms in total. The zero-order chi connectivity index (χ0) is 38.5. The molecule has 0 bridgehead atoms. The second-order valence-corrected chi connectivity index (χ2v) is 17.2. The maximum absolute atomic E-state index is 4.76. The monoisotopic (exact) mass is 756 g/mol. The van der Waals surface area contributed by atoms with Gasteiger partial charge in [0.15, 0.2) is 0 Å². The minimum atomic E-state index is -0.145. The first-order chi connectivity index (χ1) is 28.5. The topological polar surface area (TPSA) is 25.8 Å². The van der Waals surface area contributed by atoms with Crippen LogP contribution in [-0.4, -0.2) is 9.97 Å². The molecule has 2 heterocycles. The summed E-state index contributed by atoms with van der Waals surface area (Å²) in [5.41, 5.74) is 17.1. The highest BCUT2D eigenvalue weighted by molar-refractivity contribution is 7.26. The Bertz CT molecular complexity index is 3430. The normalized spacial score (nSPS) is 13.1. The highest BCUT2D eigenvalue weighted by atomic mass is 32.1. The Labute approximate surface area is 340 Å². The van der Waals surface area contributed by atoms with E-state index in [-0.39, 0.29) is 5.41 Å². The van der Waals surface area contributed by atoms with Crippen LogP contribution in [0, 0.1) is 0 Å². The molecule has 0 atom stereocenters. The molecule has 1 aliphatic rings. The molecule has 0 spiro atoms. The summed E-state index contributed by atoms with van der Waals surface area (Å²) >= 11 is 1.88. The SMILES string of the molecule is CC1(C)c2cc(-c3ccc(-c4ccc(-c5cccc6c5sc5ccccc56)cc4)cc3)ccc2-c2ccc(-c3ccc4c(c3)c3ccccc3c3nccnc43)cc21. The maximum atomic E-state index is 4.76. The Morgan fingerprint density at radius 3 is 1.52 bits per heavy atom. The number of hydrogen-bond donors (Lipinski definition) is 0. The van der Waals surface area contributed by atoms with Crippen molar-refractivity contribution in [3.8, 4) is 55.6 Å². The van der Waals surface area contributed by atoms with Crippen LogP contribution < -0.4 is 0 Å². The van der Waals surface area contributed by atoms with Gasteiger partial charge in [-0.3, -0.25) is 9.97 Å². The van der Waals surface area contributed by atoms with Crippen molar-refractivity contribution in [2.75, 3.05) is 0 Å². The van der Waals surface area contributed by atoms with Crippen molar-refractivity contribution in [2.45, 2.75) is 19.3 Å². The standard InChI is InChI=1S/C55H36N2S/c1-55(2)49-31-38(35-16-14-33(15-17-35)34-18-20-36(21-19-34)40-11-7-12-47-44-9-5-6-13-51(44)58-54(40)47)22-25-42(49)43-26-23-39(32-50(43)55)37-24-27-46-48(30-37)41-8-3-4-10-45(41)52-53(46)57-29-28-56-52/h3-32H,1-2H3. The quantitative estimate of drug-likeness (QED) is 0.167. The van der Waals surface area contributed by atoms with E-state index in [1.165, 1.54) is 97.7 Å². The van der Waals surface area contributed by atoms with Gasteiger partial charge in [0.05, 0.1) is 11.0 Å². The molecule has 0 unspecified atom stereocenters. The average molecular weight is 757 g/mol. The summed E-state index contributed by atoms with van der Waals surface area (Å²) in [5, 5.41) is 7.35. The lowest BCUT2D eigenvalue weighted by atomic mass is 9.80. The van der Waals surface area contributed by atoms with Gasteiger partial charge in [0, 0.05) is 48.8 Å². The van der Waals surface area contributed by atoms with Crippen LogP contribution in [0.2, 0.25) is 0 Å². The number of thiophene rings is 1. The molecular weight excluding hydrogens is 721 g/mol. The van der Waals surface area contributed by atoms with Crippen LogP contribution in [0.4, 0.5) is 0 Å². The van der Waals surface area contributed by atoms with Crippen LogP contribution in [0.1, 0.15) is 25.0 Å². The number of fused-ring (bicyclic) bond motifs is 12. The van der Waals surface area contributed by atoms with Gasteiger partial charge >= 0.3 is 0 Å². The zero-order valence-electron chi connectivity index (χ0n) is 32.1. The molecule has 0 amide bonds. The van der Waals surface area contributed by atoms with Crippen LogP contribution >= 0.6 is 11.3 Å². The minimum Gasteiger partial charge on any atom is -0.252 e. The van der Waals surface area contributed by atoms with Gasteiger partial charge in [0.2, 0.25) is 0 Å². The van der Waals surface area contributed by atoms with Gasteiger partial charge in [-0.25, -0.2) is 0 Å². The number of hydrogen-bond acceptors (Lipinski definition) is 3. The third kappa shape index (κ3) is 4.97. The Kier molecular flexibility index (Phi) is 7.18. The van der Waals surface area contributed by atoms with Crippen molar-refractivity contribution in [1.29, 1.82) is 0 Å². The van der Waals surface area contributed by atoms with E-state index < -0.39 is 0 Å². The molecule has 9 aromatic carbocycles. The summed E-state index contributed by atoms with van der Waals surface area (Å²) in [6.07, 6.45) is 3.58. The molecule has 2 aromatic heterocycles. The van der Waals surface area contributed by atoms with Gasteiger partial charge in [-0.05, 0) is 102 Å². The van der Waals surface area contributed by atoms with Gasteiger partial charge < -0.3 is 0 Å². The molecule has 0 saturated carbocycles. The largest absolute Gasteiger partial charge is 0.252 e. The van der Waals surface area contributed by atoms with Crippen molar-refractivity contribution in [3.05, 3.63) is 193 Å². The number of rotatable bonds is 4. The first-order valence-corrected chi connectivity index (χ1v) is 20.8. The maximum Gasteiger partial charge on any atom is 0.0971 e. The Morgan fingerprint density at radius 2 is 0.845 bits per heavy atom. The first kappa shape index (κ1) is 33.2. The Hall–Kier alpha value is -6.94. The third-order valence-electron chi connectivity index (χ3n) is 12.6. The van der Waals surface area contributed by atoms with Crippen LogP contribution in [0.25, 0.3) is 108 Å². The van der Waals surface area contributed by atoms with E-state index in [1.54, 1.807) is 12.4 Å². The molecule has 12 rings (SSSR count). The highest BCUT2D eigenvalue weighted by Crippen LogP contribution is 2.51. The van der Waals surface area contributed by atoms with Crippen molar-refractivity contribution in [1.82, 2.24) is 9.97 Å². The van der Waals surface area contributed by atoms with Crippen molar-refractivity contribution in [2.24, 2.45) is 0 Å². The Balaban J connectivity index is 0.844. The van der Waals surface area contributed by atoms with Crippen LogP contribution in [0.3, 0.4) is 0 Å². The first-order valence-electron chi connectivity index (χ1n) is 20.0. The summed E-state index contributed by atoms with van der Waals surface area (Å²) in [7, 11) is 0. The van der Waals surface area contributed by atoms with E-state index in [1.807, 2.05) is 11.3 Å². The zero-order valence-corrected chi connectivity index (χ0v) is 32.9. The van der Waals surface area contributed by atoms with Crippen LogP contribution in [-0.2, 0) is 5.41 Å². The molecule has 1 aliphatic carbocycles. The van der Waals surface area contributed by atoms with Gasteiger partial charge in [-0.15, -0.1) is 11.3 Å². The van der Waals surface area contributed by atoms with E-state index in [0.717, 1.165) is 21.8 Å². The number of benzene rings is 9. The fourth-order valence-electron chi connectivity index (χ4n) is 9.58. The van der Waals surface area contributed by atoms with E-state index in [9.17, 15) is 0 Å². The molecule has 58 heavy (non-hydrogen) atoms. The lowest BCUT2D eigenvalue weighted by Crippen LogP contribution is -2.15. The second kappa shape index (κ2) is 12.5. The van der Waals surface area contributed by atoms with Gasteiger partial charge in [0.25, 0.3) is 0 Å². The van der Waals surface area contributed by atoms with Crippen molar-refractivity contribution in [3.63, 3.8) is 0 Å². The predicted molar refractivity (Wildman–Crippen MR) is 247 cm³/mol. The summed E-state index contributed by atoms with van der Waals surface area (Å²) in [6, 6.07) is 63.0. The molecular formula is C55H36N2S. The van der Waals surface area contributed by atoms with Crippen LogP contribution in [0.15, 0.2) is 182 Å². The fraction of sp³-hybridized carbons (Fsp3) is 0.0545. The Morgan fingerprint density at radius 1 is 0.362 bits per heavy atom. The summed E-state index contributed by atoms with van der Waals surface area (Å²) in [5.74, 6) is 0. The summed E-state index contributed by atoms with van der Waals surface area (Å²) in [4.78, 5) is 9.48. The van der Waals surface area contributed by atoms with Crippen molar-refractivity contribution < 1.29 is 0 Å². The summed E-state index contributed by atoms with van der Waals surface area (Å²) in [6.45, 7) is 4.75. The highest BCUT2D eigenvalue weighted by Gasteiger charge is 2.36. The van der Waals surface area contributed by atoms with E-state index >= 15 is 0 Å². The lowest BCUT2D eigenvalue weighted by Gasteiger charge is -2.23. The average Bonchev–Trinajstić information content (AvgIpc) is 3.78. The smallest absolute Gasteiger partial charge is 0.0971 e. The molecule has 0 fully saturated rings. The molecule has 0 saturated heterocycles. The molecule has 11 aromatic rings. The van der Waals surface area contributed by atoms with Gasteiger partial charge in [-0.1, -0.05) is 159 Å². The lowest BCUT2D eigenvalue weighted by molar-refractivity contribution is 0.661. The van der Waals surface area contributed by atoms with E-state index in [2.05, 4.69) is 184 Å². The fourth-order valence-corrected chi connectivity index (χ4v) is 10.8. The minimum absolute atomic E-state index is 0.145.